The standard InChI is InChI=1S/C15H24BrN3O/c1-11(2)15-17-12(3)10-14(18-15)19-7-4-13(5-8-19)20-9-6-16/h10-11,13H,4-9H2,1-3H3. The number of aromatic nitrogens is 2. The van der Waals surface area contributed by atoms with Crippen LogP contribution in [0.25, 0.3) is 0 Å². The number of aryl methyl sites for hydroxylation is 1. The van der Waals surface area contributed by atoms with Gasteiger partial charge in [0, 0.05) is 36.1 Å². The van der Waals surface area contributed by atoms with Crippen molar-refractivity contribution in [3.05, 3.63) is 17.6 Å². The summed E-state index contributed by atoms with van der Waals surface area (Å²) in [5.41, 5.74) is 1.05. The van der Waals surface area contributed by atoms with E-state index in [4.69, 9.17) is 9.72 Å². The molecular weight excluding hydrogens is 318 g/mol. The summed E-state index contributed by atoms with van der Waals surface area (Å²) in [6.45, 7) is 9.15. The molecule has 1 aromatic heterocycles. The minimum absolute atomic E-state index is 0.369. The maximum absolute atomic E-state index is 5.80. The minimum atomic E-state index is 0.369. The van der Waals surface area contributed by atoms with Gasteiger partial charge in [-0.25, -0.2) is 9.97 Å². The monoisotopic (exact) mass is 341 g/mol. The molecule has 1 aromatic rings. The Morgan fingerprint density at radius 3 is 2.65 bits per heavy atom. The highest BCUT2D eigenvalue weighted by molar-refractivity contribution is 9.09. The molecule has 0 saturated carbocycles. The molecule has 0 radical (unpaired) electrons. The van der Waals surface area contributed by atoms with E-state index < -0.39 is 0 Å². The number of nitrogens with zero attached hydrogens (tertiary/aromatic N) is 3. The van der Waals surface area contributed by atoms with Crippen molar-refractivity contribution in [2.24, 2.45) is 0 Å². The number of hydrogen-bond donors (Lipinski definition) is 0. The summed E-state index contributed by atoms with van der Waals surface area (Å²) in [5.74, 6) is 2.38. The van der Waals surface area contributed by atoms with Crippen LogP contribution in [0.5, 0.6) is 0 Å². The first-order valence-electron chi connectivity index (χ1n) is 7.38. The van der Waals surface area contributed by atoms with Crippen LogP contribution in [0.15, 0.2) is 6.07 Å². The molecule has 2 rings (SSSR count). The number of halogens is 1. The highest BCUT2D eigenvalue weighted by Crippen LogP contribution is 2.22. The zero-order chi connectivity index (χ0) is 14.5. The molecule has 1 fully saturated rings. The van der Waals surface area contributed by atoms with E-state index in [9.17, 15) is 0 Å². The molecule has 1 aliphatic heterocycles. The van der Waals surface area contributed by atoms with Gasteiger partial charge >= 0.3 is 0 Å². The first-order valence-corrected chi connectivity index (χ1v) is 8.50. The Morgan fingerprint density at radius 1 is 1.35 bits per heavy atom. The van der Waals surface area contributed by atoms with Crippen molar-refractivity contribution in [1.82, 2.24) is 9.97 Å². The van der Waals surface area contributed by atoms with Crippen LogP contribution in [-0.4, -0.2) is 41.1 Å². The molecule has 0 bridgehead atoms. The summed E-state index contributed by atoms with van der Waals surface area (Å²) >= 11 is 3.40. The fourth-order valence-electron chi connectivity index (χ4n) is 2.46. The van der Waals surface area contributed by atoms with Gasteiger partial charge in [0.2, 0.25) is 0 Å². The van der Waals surface area contributed by atoms with Crippen molar-refractivity contribution in [3.63, 3.8) is 0 Å². The van der Waals surface area contributed by atoms with Gasteiger partial charge in [0.15, 0.2) is 0 Å². The van der Waals surface area contributed by atoms with E-state index in [1.807, 2.05) is 6.92 Å². The molecule has 0 unspecified atom stereocenters. The van der Waals surface area contributed by atoms with E-state index in [0.717, 1.165) is 55.2 Å². The minimum Gasteiger partial charge on any atom is -0.377 e. The van der Waals surface area contributed by atoms with Crippen LogP contribution in [0, 0.1) is 6.92 Å². The van der Waals surface area contributed by atoms with Gasteiger partial charge in [-0.1, -0.05) is 29.8 Å². The lowest BCUT2D eigenvalue weighted by atomic mass is 10.1. The summed E-state index contributed by atoms with van der Waals surface area (Å²) in [4.78, 5) is 11.6. The predicted octanol–water partition coefficient (Wildman–Crippen LogP) is 3.29. The first kappa shape index (κ1) is 15.7. The van der Waals surface area contributed by atoms with Gasteiger partial charge in [0.05, 0.1) is 12.7 Å². The van der Waals surface area contributed by atoms with Crippen LogP contribution in [0.1, 0.15) is 44.1 Å². The Kier molecular flexibility index (Phi) is 5.78. The molecule has 1 saturated heterocycles. The van der Waals surface area contributed by atoms with Crippen LogP contribution < -0.4 is 4.90 Å². The Bertz CT molecular complexity index is 431. The van der Waals surface area contributed by atoms with Crippen molar-refractivity contribution < 1.29 is 4.74 Å². The topological polar surface area (TPSA) is 38.2 Å². The van der Waals surface area contributed by atoms with Gasteiger partial charge < -0.3 is 9.64 Å². The molecule has 112 valence electrons. The molecule has 4 nitrogen and oxygen atoms in total. The van der Waals surface area contributed by atoms with E-state index in [1.54, 1.807) is 0 Å². The fourth-order valence-corrected chi connectivity index (χ4v) is 2.64. The summed E-state index contributed by atoms with van der Waals surface area (Å²) in [6.07, 6.45) is 2.55. The smallest absolute Gasteiger partial charge is 0.133 e. The Balaban J connectivity index is 1.99. The highest BCUT2D eigenvalue weighted by atomic mass is 79.9. The highest BCUT2D eigenvalue weighted by Gasteiger charge is 2.21. The van der Waals surface area contributed by atoms with E-state index in [-0.39, 0.29) is 0 Å². The quantitative estimate of drug-likeness (QED) is 0.770. The molecular formula is C15H24BrN3O. The SMILES string of the molecule is Cc1cc(N2CCC(OCCBr)CC2)nc(C(C)C)n1. The largest absolute Gasteiger partial charge is 0.377 e. The maximum Gasteiger partial charge on any atom is 0.133 e. The fraction of sp³-hybridized carbons (Fsp3) is 0.733. The van der Waals surface area contributed by atoms with Gasteiger partial charge in [-0.05, 0) is 19.8 Å². The molecule has 0 aromatic carbocycles. The number of alkyl halides is 1. The Labute approximate surface area is 130 Å². The molecule has 5 heteroatoms. The Hall–Kier alpha value is -0.680. The van der Waals surface area contributed by atoms with E-state index in [1.165, 1.54) is 0 Å². The molecule has 0 spiro atoms. The van der Waals surface area contributed by atoms with E-state index >= 15 is 0 Å². The number of rotatable bonds is 5. The second-order valence-electron chi connectivity index (χ2n) is 5.63. The number of ether oxygens (including phenoxy) is 1. The average Bonchev–Trinajstić information content (AvgIpc) is 2.45. The van der Waals surface area contributed by atoms with Gasteiger partial charge in [-0.2, -0.15) is 0 Å². The second kappa shape index (κ2) is 7.36. The molecule has 0 amide bonds. The van der Waals surface area contributed by atoms with Gasteiger partial charge in [-0.15, -0.1) is 0 Å². The summed E-state index contributed by atoms with van der Waals surface area (Å²) in [5, 5.41) is 0.913. The third-order valence-corrected chi connectivity index (χ3v) is 3.89. The van der Waals surface area contributed by atoms with Crippen LogP contribution in [0.3, 0.4) is 0 Å². The van der Waals surface area contributed by atoms with Crippen molar-refractivity contribution >= 4 is 21.7 Å². The van der Waals surface area contributed by atoms with Crippen molar-refractivity contribution in [2.75, 3.05) is 29.9 Å². The third-order valence-electron chi connectivity index (χ3n) is 3.57. The Morgan fingerprint density at radius 2 is 2.05 bits per heavy atom. The second-order valence-corrected chi connectivity index (χ2v) is 6.42. The number of anilines is 1. The molecule has 0 aliphatic carbocycles. The number of hydrogen-bond acceptors (Lipinski definition) is 4. The van der Waals surface area contributed by atoms with Crippen LogP contribution >= 0.6 is 15.9 Å². The van der Waals surface area contributed by atoms with Crippen molar-refractivity contribution in [1.29, 1.82) is 0 Å². The lowest BCUT2D eigenvalue weighted by molar-refractivity contribution is 0.0480. The third kappa shape index (κ3) is 4.16. The normalized spacial score (nSPS) is 16.9. The van der Waals surface area contributed by atoms with E-state index in [0.29, 0.717) is 12.0 Å². The van der Waals surface area contributed by atoms with Crippen LogP contribution in [-0.2, 0) is 4.74 Å². The summed E-state index contributed by atoms with van der Waals surface area (Å²) < 4.78 is 5.80. The zero-order valence-electron chi connectivity index (χ0n) is 12.6. The van der Waals surface area contributed by atoms with Gasteiger partial charge in [0.25, 0.3) is 0 Å². The molecule has 2 heterocycles. The molecule has 0 atom stereocenters. The van der Waals surface area contributed by atoms with Crippen molar-refractivity contribution in [2.45, 2.75) is 45.6 Å². The lowest BCUT2D eigenvalue weighted by Crippen LogP contribution is -2.38. The van der Waals surface area contributed by atoms with Gasteiger partial charge in [-0.3, -0.25) is 0 Å². The van der Waals surface area contributed by atoms with Crippen LogP contribution in [0.4, 0.5) is 5.82 Å². The summed E-state index contributed by atoms with van der Waals surface area (Å²) in [6, 6.07) is 2.09. The van der Waals surface area contributed by atoms with Crippen molar-refractivity contribution in [3.8, 4) is 0 Å². The van der Waals surface area contributed by atoms with E-state index in [2.05, 4.69) is 45.7 Å². The molecule has 0 N–H and O–H groups in total. The number of piperidine rings is 1. The molecule has 1 aliphatic rings. The average molecular weight is 342 g/mol. The predicted molar refractivity (Wildman–Crippen MR) is 85.8 cm³/mol. The molecule has 20 heavy (non-hydrogen) atoms. The maximum atomic E-state index is 5.80. The zero-order valence-corrected chi connectivity index (χ0v) is 14.2. The first-order chi connectivity index (χ1) is 9.60. The summed E-state index contributed by atoms with van der Waals surface area (Å²) in [7, 11) is 0. The van der Waals surface area contributed by atoms with Gasteiger partial charge in [0.1, 0.15) is 11.6 Å². The lowest BCUT2D eigenvalue weighted by Gasteiger charge is -2.33. The van der Waals surface area contributed by atoms with Crippen LogP contribution in [0.2, 0.25) is 0 Å².